The molecule has 2 aromatic rings. The van der Waals surface area contributed by atoms with Crippen molar-refractivity contribution < 1.29 is 14.3 Å². The summed E-state index contributed by atoms with van der Waals surface area (Å²) in [5, 5.41) is 2.95. The zero-order valence-corrected chi connectivity index (χ0v) is 13.6. The fraction of sp³-hybridized carbons (Fsp3) is 0.350. The van der Waals surface area contributed by atoms with Gasteiger partial charge in [0.25, 0.3) is 0 Å². The normalized spacial score (nSPS) is 15.5. The number of fused-ring (bicyclic) bond motifs is 2. The van der Waals surface area contributed by atoms with Gasteiger partial charge in [0.2, 0.25) is 5.91 Å². The van der Waals surface area contributed by atoms with Gasteiger partial charge in [0.1, 0.15) is 13.2 Å². The SMILES string of the molecule is O=C(Cc1ccc2c(c1)CCCC2)Nc1ccc2c(c1)OCCO2. The third-order valence-corrected chi connectivity index (χ3v) is 4.60. The van der Waals surface area contributed by atoms with Crippen LogP contribution in [0.1, 0.15) is 29.5 Å². The van der Waals surface area contributed by atoms with Gasteiger partial charge in [-0.3, -0.25) is 4.79 Å². The predicted octanol–water partition coefficient (Wildman–Crippen LogP) is 3.52. The summed E-state index contributed by atoms with van der Waals surface area (Å²) in [6.07, 6.45) is 5.21. The van der Waals surface area contributed by atoms with E-state index in [4.69, 9.17) is 9.47 Å². The van der Waals surface area contributed by atoms with Crippen molar-refractivity contribution in [2.45, 2.75) is 32.1 Å². The molecule has 0 spiro atoms. The van der Waals surface area contributed by atoms with Crippen LogP contribution in [0.3, 0.4) is 0 Å². The minimum Gasteiger partial charge on any atom is -0.486 e. The van der Waals surface area contributed by atoms with Crippen molar-refractivity contribution in [1.82, 2.24) is 0 Å². The van der Waals surface area contributed by atoms with Crippen LogP contribution < -0.4 is 14.8 Å². The van der Waals surface area contributed by atoms with E-state index in [-0.39, 0.29) is 5.91 Å². The first-order chi connectivity index (χ1) is 11.8. The summed E-state index contributed by atoms with van der Waals surface area (Å²) in [6, 6.07) is 12.0. The van der Waals surface area contributed by atoms with Gasteiger partial charge in [-0.05, 0) is 54.5 Å². The van der Waals surface area contributed by atoms with E-state index in [1.54, 1.807) is 0 Å². The largest absolute Gasteiger partial charge is 0.486 e. The molecule has 24 heavy (non-hydrogen) atoms. The summed E-state index contributed by atoms with van der Waals surface area (Å²) in [6.45, 7) is 1.11. The van der Waals surface area contributed by atoms with Crippen LogP contribution in [-0.4, -0.2) is 19.1 Å². The number of ether oxygens (including phenoxy) is 2. The lowest BCUT2D eigenvalue weighted by Crippen LogP contribution is -2.17. The molecule has 4 heteroatoms. The number of hydrogen-bond donors (Lipinski definition) is 1. The van der Waals surface area contributed by atoms with Crippen molar-refractivity contribution in [3.05, 3.63) is 53.1 Å². The third kappa shape index (κ3) is 3.23. The molecule has 0 saturated heterocycles. The Morgan fingerprint density at radius 3 is 2.58 bits per heavy atom. The molecule has 1 aliphatic heterocycles. The number of amides is 1. The van der Waals surface area contributed by atoms with Gasteiger partial charge < -0.3 is 14.8 Å². The summed E-state index contributed by atoms with van der Waals surface area (Å²) in [7, 11) is 0. The zero-order valence-electron chi connectivity index (χ0n) is 13.6. The minimum absolute atomic E-state index is 0.0116. The molecular formula is C20H21NO3. The first-order valence-corrected chi connectivity index (χ1v) is 8.58. The van der Waals surface area contributed by atoms with Gasteiger partial charge in [-0.15, -0.1) is 0 Å². The van der Waals surface area contributed by atoms with Gasteiger partial charge in [-0.1, -0.05) is 18.2 Å². The Labute approximate surface area is 141 Å². The van der Waals surface area contributed by atoms with Gasteiger partial charge in [0.15, 0.2) is 11.5 Å². The molecular weight excluding hydrogens is 302 g/mol. The Kier molecular flexibility index (Phi) is 4.11. The summed E-state index contributed by atoms with van der Waals surface area (Å²) in [5.74, 6) is 1.41. The Morgan fingerprint density at radius 1 is 0.917 bits per heavy atom. The van der Waals surface area contributed by atoms with E-state index in [2.05, 4.69) is 23.5 Å². The number of carbonyl (C=O) groups excluding carboxylic acids is 1. The molecule has 4 rings (SSSR count). The van der Waals surface area contributed by atoms with Crippen LogP contribution in [0.4, 0.5) is 5.69 Å². The Bertz CT molecular complexity index is 706. The van der Waals surface area contributed by atoms with Crippen molar-refractivity contribution in [1.29, 1.82) is 0 Å². The predicted molar refractivity (Wildman–Crippen MR) is 92.8 cm³/mol. The molecule has 1 amide bonds. The third-order valence-electron chi connectivity index (χ3n) is 4.60. The molecule has 2 aliphatic rings. The second-order valence-electron chi connectivity index (χ2n) is 6.39. The van der Waals surface area contributed by atoms with Gasteiger partial charge in [0, 0.05) is 11.8 Å². The standard InChI is InChI=1S/C20H21NO3/c22-20(12-14-5-6-15-3-1-2-4-16(15)11-14)21-17-7-8-18-19(13-17)24-10-9-23-18/h5-8,11,13H,1-4,9-10,12H2,(H,21,22). The van der Waals surface area contributed by atoms with Crippen molar-refractivity contribution >= 4 is 11.6 Å². The van der Waals surface area contributed by atoms with E-state index in [0.29, 0.717) is 25.4 Å². The van der Waals surface area contributed by atoms with Gasteiger partial charge in [-0.25, -0.2) is 0 Å². The number of hydrogen-bond acceptors (Lipinski definition) is 3. The van der Waals surface area contributed by atoms with Crippen LogP contribution in [0.15, 0.2) is 36.4 Å². The molecule has 0 bridgehead atoms. The monoisotopic (exact) mass is 323 g/mol. The van der Waals surface area contributed by atoms with Crippen molar-refractivity contribution in [2.75, 3.05) is 18.5 Å². The average Bonchev–Trinajstić information content (AvgIpc) is 2.61. The highest BCUT2D eigenvalue weighted by Crippen LogP contribution is 2.32. The quantitative estimate of drug-likeness (QED) is 0.940. The highest BCUT2D eigenvalue weighted by molar-refractivity contribution is 5.92. The molecule has 1 N–H and O–H groups in total. The minimum atomic E-state index is -0.0116. The average molecular weight is 323 g/mol. The molecule has 0 unspecified atom stereocenters. The van der Waals surface area contributed by atoms with Crippen LogP contribution in [0.2, 0.25) is 0 Å². The van der Waals surface area contributed by atoms with Gasteiger partial charge in [0.05, 0.1) is 6.42 Å². The molecule has 1 heterocycles. The highest BCUT2D eigenvalue weighted by Gasteiger charge is 2.14. The van der Waals surface area contributed by atoms with Crippen LogP contribution in [0.25, 0.3) is 0 Å². The number of nitrogens with one attached hydrogen (secondary N) is 1. The van der Waals surface area contributed by atoms with Gasteiger partial charge >= 0.3 is 0 Å². The number of rotatable bonds is 3. The molecule has 0 saturated carbocycles. The first-order valence-electron chi connectivity index (χ1n) is 8.58. The van der Waals surface area contributed by atoms with Crippen molar-refractivity contribution in [3.63, 3.8) is 0 Å². The number of carbonyl (C=O) groups is 1. The lowest BCUT2D eigenvalue weighted by Gasteiger charge is -2.19. The molecule has 124 valence electrons. The molecule has 0 atom stereocenters. The number of aryl methyl sites for hydroxylation is 2. The summed E-state index contributed by atoms with van der Waals surface area (Å²) < 4.78 is 11.0. The van der Waals surface area contributed by atoms with Crippen LogP contribution in [-0.2, 0) is 24.1 Å². The molecule has 0 aromatic heterocycles. The van der Waals surface area contributed by atoms with Crippen LogP contribution >= 0.6 is 0 Å². The van der Waals surface area contributed by atoms with E-state index in [1.165, 1.54) is 30.4 Å². The maximum Gasteiger partial charge on any atom is 0.228 e. The van der Waals surface area contributed by atoms with E-state index >= 15 is 0 Å². The summed E-state index contributed by atoms with van der Waals surface area (Å²) in [5.41, 5.74) is 4.66. The Morgan fingerprint density at radius 2 is 1.71 bits per heavy atom. The molecule has 1 aliphatic carbocycles. The zero-order chi connectivity index (χ0) is 16.4. The van der Waals surface area contributed by atoms with E-state index < -0.39 is 0 Å². The van der Waals surface area contributed by atoms with Crippen molar-refractivity contribution in [3.8, 4) is 11.5 Å². The van der Waals surface area contributed by atoms with E-state index in [1.807, 2.05) is 18.2 Å². The Balaban J connectivity index is 1.43. The highest BCUT2D eigenvalue weighted by atomic mass is 16.6. The lowest BCUT2D eigenvalue weighted by molar-refractivity contribution is -0.115. The van der Waals surface area contributed by atoms with Crippen molar-refractivity contribution in [2.24, 2.45) is 0 Å². The van der Waals surface area contributed by atoms with Crippen LogP contribution in [0.5, 0.6) is 11.5 Å². The summed E-state index contributed by atoms with van der Waals surface area (Å²) in [4.78, 5) is 12.3. The molecule has 2 aromatic carbocycles. The number of anilines is 1. The first kappa shape index (κ1) is 15.1. The van der Waals surface area contributed by atoms with E-state index in [9.17, 15) is 4.79 Å². The maximum atomic E-state index is 12.3. The molecule has 0 radical (unpaired) electrons. The second-order valence-corrected chi connectivity index (χ2v) is 6.39. The molecule has 4 nitrogen and oxygen atoms in total. The van der Waals surface area contributed by atoms with E-state index in [0.717, 1.165) is 23.4 Å². The fourth-order valence-corrected chi connectivity index (χ4v) is 3.41. The Hall–Kier alpha value is -2.49. The topological polar surface area (TPSA) is 47.6 Å². The molecule has 0 fully saturated rings. The maximum absolute atomic E-state index is 12.3. The van der Waals surface area contributed by atoms with Gasteiger partial charge in [-0.2, -0.15) is 0 Å². The summed E-state index contributed by atoms with van der Waals surface area (Å²) >= 11 is 0. The van der Waals surface area contributed by atoms with Crippen LogP contribution in [0, 0.1) is 0 Å². The number of benzene rings is 2. The lowest BCUT2D eigenvalue weighted by atomic mass is 9.90. The second kappa shape index (κ2) is 6.56. The smallest absolute Gasteiger partial charge is 0.228 e. The fourth-order valence-electron chi connectivity index (χ4n) is 3.41.